The van der Waals surface area contributed by atoms with Crippen molar-refractivity contribution in [2.75, 3.05) is 5.32 Å². The van der Waals surface area contributed by atoms with Crippen LogP contribution in [0.2, 0.25) is 0 Å². The molecule has 0 spiro atoms. The van der Waals surface area contributed by atoms with Crippen LogP contribution in [0.15, 0.2) is 57.3 Å². The van der Waals surface area contributed by atoms with Gasteiger partial charge in [-0.2, -0.15) is 0 Å². The van der Waals surface area contributed by atoms with E-state index in [4.69, 9.17) is 28.3 Å². The second-order valence-corrected chi connectivity index (χ2v) is 8.10. The number of halogens is 2. The quantitative estimate of drug-likeness (QED) is 0.552. The predicted octanol–water partition coefficient (Wildman–Crippen LogP) is 4.36. The zero-order chi connectivity index (χ0) is 23.0. The van der Waals surface area contributed by atoms with Gasteiger partial charge in [0.1, 0.15) is 15.9 Å². The Morgan fingerprint density at radius 2 is 1.84 bits per heavy atom. The maximum Gasteiger partial charge on any atom is 0.349 e. The Hall–Kier alpha value is -3.42. The molecule has 3 aromatic rings. The molecule has 0 unspecified atom stereocenters. The highest BCUT2D eigenvalue weighted by atomic mass is 35.5. The van der Waals surface area contributed by atoms with E-state index in [1.165, 1.54) is 12.1 Å². The van der Waals surface area contributed by atoms with Crippen molar-refractivity contribution >= 4 is 63.3 Å². The van der Waals surface area contributed by atoms with Crippen LogP contribution in [0.3, 0.4) is 0 Å². The molecule has 0 bridgehead atoms. The summed E-state index contributed by atoms with van der Waals surface area (Å²) in [5, 5.41) is 10.3. The fourth-order valence-corrected chi connectivity index (χ4v) is 3.69. The highest BCUT2D eigenvalue weighted by Gasteiger charge is 2.22. The van der Waals surface area contributed by atoms with Crippen LogP contribution >= 0.6 is 23.2 Å². The Balaban J connectivity index is 1.72. The number of rotatable bonds is 4. The van der Waals surface area contributed by atoms with E-state index in [0.717, 1.165) is 16.7 Å². The van der Waals surface area contributed by atoms with Gasteiger partial charge in [0.25, 0.3) is 11.5 Å². The molecule has 0 fully saturated rings. The first-order valence-electron chi connectivity index (χ1n) is 9.66. The minimum Gasteiger partial charge on any atom is -0.477 e. The van der Waals surface area contributed by atoms with Gasteiger partial charge in [-0.15, -0.1) is 0 Å². The molecule has 7 nitrogen and oxygen atoms in total. The average molecular weight is 470 g/mol. The van der Waals surface area contributed by atoms with Crippen molar-refractivity contribution in [2.24, 2.45) is 0 Å². The number of carboxylic acid groups (broad SMARTS) is 1. The van der Waals surface area contributed by atoms with E-state index in [-0.39, 0.29) is 5.56 Å². The third kappa shape index (κ3) is 4.17. The Kier molecular flexibility index (Phi) is 5.86. The van der Waals surface area contributed by atoms with Crippen LogP contribution < -0.4 is 10.9 Å². The van der Waals surface area contributed by atoms with Gasteiger partial charge in [0.2, 0.25) is 0 Å². The smallest absolute Gasteiger partial charge is 0.349 e. The van der Waals surface area contributed by atoms with Gasteiger partial charge in [-0.25, -0.2) is 9.78 Å². The van der Waals surface area contributed by atoms with Crippen LogP contribution in [0.5, 0.6) is 0 Å². The summed E-state index contributed by atoms with van der Waals surface area (Å²) >= 11 is 11.3. The number of nitrogens with one attached hydrogen (secondary N) is 1. The van der Waals surface area contributed by atoms with Gasteiger partial charge in [-0.3, -0.25) is 14.2 Å². The lowest BCUT2D eigenvalue weighted by Crippen LogP contribution is -2.21. The third-order valence-electron chi connectivity index (χ3n) is 5.10. The van der Waals surface area contributed by atoms with Crippen LogP contribution in [0, 0.1) is 6.92 Å². The number of carboxylic acids is 1. The second-order valence-electron chi connectivity index (χ2n) is 7.34. The number of nitrogens with zero attached hydrogens (tertiary/aromatic N) is 2. The van der Waals surface area contributed by atoms with E-state index in [1.54, 1.807) is 10.6 Å². The van der Waals surface area contributed by atoms with Gasteiger partial charge >= 0.3 is 5.97 Å². The number of aromatic nitrogens is 2. The molecule has 0 saturated carbocycles. The van der Waals surface area contributed by atoms with Gasteiger partial charge in [-0.05, 0) is 48.8 Å². The first-order valence-corrected chi connectivity index (χ1v) is 10.4. The van der Waals surface area contributed by atoms with Crippen molar-refractivity contribution in [3.63, 3.8) is 0 Å². The number of carbonyl (C=O) groups is 2. The van der Waals surface area contributed by atoms with Crippen molar-refractivity contribution in [1.29, 1.82) is 0 Å². The second kappa shape index (κ2) is 8.61. The summed E-state index contributed by atoms with van der Waals surface area (Å²) in [6.45, 7) is 2.56. The van der Waals surface area contributed by atoms with E-state index in [2.05, 4.69) is 10.3 Å². The number of anilines is 1. The van der Waals surface area contributed by atoms with Crippen LogP contribution in [0.1, 0.15) is 23.4 Å². The molecule has 0 radical (unpaired) electrons. The predicted molar refractivity (Wildman–Crippen MR) is 125 cm³/mol. The molecule has 1 amide bonds. The van der Waals surface area contributed by atoms with Crippen molar-refractivity contribution < 1.29 is 14.7 Å². The number of carbonyl (C=O) groups excluding carboxylic acids is 1. The van der Waals surface area contributed by atoms with E-state index < -0.39 is 21.9 Å². The van der Waals surface area contributed by atoms with Crippen molar-refractivity contribution in [1.82, 2.24) is 9.55 Å². The molecule has 2 aromatic carbocycles. The van der Waals surface area contributed by atoms with Gasteiger partial charge in [-0.1, -0.05) is 53.0 Å². The summed E-state index contributed by atoms with van der Waals surface area (Å²) in [6, 6.07) is 12.7. The van der Waals surface area contributed by atoms with Gasteiger partial charge in [0, 0.05) is 12.2 Å². The zero-order valence-corrected chi connectivity index (χ0v) is 18.4. The van der Waals surface area contributed by atoms with E-state index >= 15 is 0 Å². The number of allylic oxidation sites excluding steroid dienone is 1. The van der Waals surface area contributed by atoms with Gasteiger partial charge < -0.3 is 10.4 Å². The number of aryl methyl sites for hydroxylation is 1. The fraction of sp³-hybridized carbons (Fsp3) is 0.130. The number of hydrogen-bond donors (Lipinski definition) is 2. The molecule has 4 rings (SSSR count). The molecule has 1 aromatic heterocycles. The van der Waals surface area contributed by atoms with Crippen LogP contribution in [-0.2, 0) is 16.1 Å². The minimum absolute atomic E-state index is 0.165. The van der Waals surface area contributed by atoms with Gasteiger partial charge in [0.15, 0.2) is 0 Å². The molecule has 2 N–H and O–H groups in total. The van der Waals surface area contributed by atoms with Crippen LogP contribution in [-0.4, -0.2) is 26.5 Å². The van der Waals surface area contributed by atoms with Crippen molar-refractivity contribution in [3.8, 4) is 0 Å². The molecule has 0 atom stereocenters. The van der Waals surface area contributed by atoms with E-state index in [0.29, 0.717) is 35.4 Å². The zero-order valence-electron chi connectivity index (χ0n) is 16.9. The highest BCUT2D eigenvalue weighted by molar-refractivity contribution is 6.54. The summed E-state index contributed by atoms with van der Waals surface area (Å²) in [4.78, 5) is 40.7. The fourth-order valence-electron chi connectivity index (χ4n) is 3.48. The Morgan fingerprint density at radius 3 is 2.53 bits per heavy atom. The SMILES string of the molecule is Cc1ccc(C=C2CCn3c2nc2cc(NC(=O)C(Cl)=C(Cl)C(=O)O)ccc2c3=O)cc1. The van der Waals surface area contributed by atoms with Crippen molar-refractivity contribution in [3.05, 3.63) is 79.8 Å². The third-order valence-corrected chi connectivity index (χ3v) is 5.91. The van der Waals surface area contributed by atoms with Crippen LogP contribution in [0.4, 0.5) is 5.69 Å². The molecule has 9 heteroatoms. The lowest BCUT2D eigenvalue weighted by atomic mass is 10.1. The molecule has 1 aliphatic rings. The molecule has 162 valence electrons. The Morgan fingerprint density at radius 1 is 1.12 bits per heavy atom. The maximum absolute atomic E-state index is 13.0. The summed E-state index contributed by atoms with van der Waals surface area (Å²) in [5.41, 5.74) is 3.66. The van der Waals surface area contributed by atoms with Gasteiger partial charge in [0.05, 0.1) is 10.9 Å². The lowest BCUT2D eigenvalue weighted by Gasteiger charge is -2.09. The van der Waals surface area contributed by atoms with E-state index in [1.807, 2.05) is 37.3 Å². The first-order chi connectivity index (χ1) is 15.2. The summed E-state index contributed by atoms with van der Waals surface area (Å²) in [7, 11) is 0. The lowest BCUT2D eigenvalue weighted by molar-refractivity contribution is -0.132. The molecule has 1 aliphatic heterocycles. The molecule has 0 saturated heterocycles. The molecule has 0 aliphatic carbocycles. The number of amides is 1. The minimum atomic E-state index is -1.51. The number of hydrogen-bond acceptors (Lipinski definition) is 4. The monoisotopic (exact) mass is 469 g/mol. The standard InChI is InChI=1S/C23H17Cl2N3O4/c1-12-2-4-13(5-3-12)10-14-8-9-28-20(14)27-17-11-15(6-7-16(17)22(28)30)26-21(29)18(24)19(25)23(31)32/h2-7,10-11H,8-9H2,1H3,(H,26,29)(H,31,32). The summed E-state index contributed by atoms with van der Waals surface area (Å²) in [6.07, 6.45) is 2.70. The van der Waals surface area contributed by atoms with E-state index in [9.17, 15) is 14.4 Å². The summed E-state index contributed by atoms with van der Waals surface area (Å²) < 4.78 is 1.65. The first kappa shape index (κ1) is 21.8. The molecule has 32 heavy (non-hydrogen) atoms. The molecule has 2 heterocycles. The van der Waals surface area contributed by atoms with Crippen LogP contribution in [0.25, 0.3) is 22.6 Å². The largest absolute Gasteiger partial charge is 0.477 e. The highest BCUT2D eigenvalue weighted by Crippen LogP contribution is 2.28. The molecular weight excluding hydrogens is 453 g/mol. The van der Waals surface area contributed by atoms with Crippen molar-refractivity contribution in [2.45, 2.75) is 19.9 Å². The average Bonchev–Trinajstić information content (AvgIpc) is 3.16. The Bertz CT molecular complexity index is 1390. The summed E-state index contributed by atoms with van der Waals surface area (Å²) in [5.74, 6) is -1.81. The normalized spacial score (nSPS) is 14.9. The molecular formula is C23H17Cl2N3O4. The number of aliphatic carboxylic acids is 1. The number of fused-ring (bicyclic) bond motifs is 2. The maximum atomic E-state index is 13.0. The topological polar surface area (TPSA) is 101 Å². The number of benzene rings is 2. The Labute approximate surface area is 192 Å².